The van der Waals surface area contributed by atoms with E-state index in [0.29, 0.717) is 13.0 Å². The Morgan fingerprint density at radius 3 is 2.58 bits per heavy atom. The second kappa shape index (κ2) is 5.66. The molecule has 0 saturated carbocycles. The third-order valence-corrected chi connectivity index (χ3v) is 4.44. The molecule has 2 rings (SSSR count). The Bertz CT molecular complexity index is 557. The van der Waals surface area contributed by atoms with Gasteiger partial charge >= 0.3 is 0 Å². The Morgan fingerprint density at radius 2 is 1.89 bits per heavy atom. The molecule has 1 amide bonds. The molecule has 2 N–H and O–H groups in total. The number of rotatable bonds is 3. The van der Waals surface area contributed by atoms with Gasteiger partial charge in [-0.25, -0.2) is 12.8 Å². The highest BCUT2D eigenvalue weighted by molar-refractivity contribution is 7.89. The van der Waals surface area contributed by atoms with Crippen molar-refractivity contribution in [2.75, 3.05) is 6.54 Å². The zero-order valence-electron chi connectivity index (χ0n) is 10.2. The van der Waals surface area contributed by atoms with Crippen LogP contribution >= 0.6 is 0 Å². The molecular weight excluding hydrogens is 271 g/mol. The summed E-state index contributed by atoms with van der Waals surface area (Å²) in [5, 5.41) is 2.65. The maximum atomic E-state index is 12.8. The Hall–Kier alpha value is -1.47. The number of benzene rings is 1. The second-order valence-corrected chi connectivity index (χ2v) is 6.13. The zero-order valence-corrected chi connectivity index (χ0v) is 11.0. The molecule has 19 heavy (non-hydrogen) atoms. The van der Waals surface area contributed by atoms with Gasteiger partial charge in [0.15, 0.2) is 0 Å². The van der Waals surface area contributed by atoms with Crippen molar-refractivity contribution in [2.45, 2.75) is 30.2 Å². The Morgan fingerprint density at radius 1 is 1.21 bits per heavy atom. The van der Waals surface area contributed by atoms with Gasteiger partial charge in [0.05, 0.1) is 4.90 Å². The largest absolute Gasteiger partial charge is 0.355 e. The highest BCUT2D eigenvalue weighted by Gasteiger charge is 2.26. The fraction of sp³-hybridized carbons (Fsp3) is 0.417. The van der Waals surface area contributed by atoms with Gasteiger partial charge in [-0.1, -0.05) is 0 Å². The van der Waals surface area contributed by atoms with Gasteiger partial charge in [-0.2, -0.15) is 4.72 Å². The Labute approximate surface area is 111 Å². The van der Waals surface area contributed by atoms with Gasteiger partial charge in [0, 0.05) is 6.54 Å². The molecular formula is C12H15FN2O3S. The molecule has 1 atom stereocenters. The van der Waals surface area contributed by atoms with Crippen molar-refractivity contribution in [2.24, 2.45) is 0 Å². The van der Waals surface area contributed by atoms with Crippen LogP contribution in [0.15, 0.2) is 29.2 Å². The zero-order chi connectivity index (χ0) is 13.9. The van der Waals surface area contributed by atoms with Gasteiger partial charge in [-0.15, -0.1) is 0 Å². The molecule has 7 heteroatoms. The number of hydrogen-bond donors (Lipinski definition) is 2. The van der Waals surface area contributed by atoms with Crippen LogP contribution in [0.3, 0.4) is 0 Å². The first-order valence-corrected chi connectivity index (χ1v) is 7.53. The summed E-state index contributed by atoms with van der Waals surface area (Å²) >= 11 is 0. The van der Waals surface area contributed by atoms with E-state index >= 15 is 0 Å². The summed E-state index contributed by atoms with van der Waals surface area (Å²) in [5.41, 5.74) is 0. The SMILES string of the molecule is O=C1NCCCC[C@@H]1NS(=O)(=O)c1ccc(F)cc1. The van der Waals surface area contributed by atoms with Crippen LogP contribution in [0.1, 0.15) is 19.3 Å². The standard InChI is InChI=1S/C12H15FN2O3S/c13-9-4-6-10(7-5-9)19(17,18)15-11-3-1-2-8-14-12(11)16/h4-7,11,15H,1-3,8H2,(H,14,16)/t11-/m0/s1. The highest BCUT2D eigenvalue weighted by Crippen LogP contribution is 2.13. The lowest BCUT2D eigenvalue weighted by Gasteiger charge is -2.15. The molecule has 1 aromatic rings. The van der Waals surface area contributed by atoms with E-state index in [1.807, 2.05) is 0 Å². The van der Waals surface area contributed by atoms with E-state index in [-0.39, 0.29) is 10.8 Å². The van der Waals surface area contributed by atoms with Gasteiger partial charge in [0.25, 0.3) is 0 Å². The van der Waals surface area contributed by atoms with Crippen molar-refractivity contribution < 1.29 is 17.6 Å². The second-order valence-electron chi connectivity index (χ2n) is 4.41. The highest BCUT2D eigenvalue weighted by atomic mass is 32.2. The third-order valence-electron chi connectivity index (χ3n) is 2.96. The topological polar surface area (TPSA) is 75.3 Å². The first-order valence-electron chi connectivity index (χ1n) is 6.05. The summed E-state index contributed by atoms with van der Waals surface area (Å²) in [6, 6.07) is 3.72. The van der Waals surface area contributed by atoms with Crippen molar-refractivity contribution in [3.05, 3.63) is 30.1 Å². The number of halogens is 1. The number of nitrogens with one attached hydrogen (secondary N) is 2. The molecule has 104 valence electrons. The minimum absolute atomic E-state index is 0.0500. The van der Waals surface area contributed by atoms with E-state index in [2.05, 4.69) is 10.0 Å². The van der Waals surface area contributed by atoms with E-state index in [0.717, 1.165) is 25.0 Å². The number of carbonyl (C=O) groups is 1. The molecule has 1 heterocycles. The summed E-state index contributed by atoms with van der Waals surface area (Å²) in [4.78, 5) is 11.6. The summed E-state index contributed by atoms with van der Waals surface area (Å²) in [6.45, 7) is 0.563. The Balaban J connectivity index is 2.16. The summed E-state index contributed by atoms with van der Waals surface area (Å²) in [5.74, 6) is -0.825. The molecule has 1 fully saturated rings. The van der Waals surface area contributed by atoms with E-state index in [4.69, 9.17) is 0 Å². The van der Waals surface area contributed by atoms with Crippen molar-refractivity contribution in [3.8, 4) is 0 Å². The molecule has 0 aromatic heterocycles. The quantitative estimate of drug-likeness (QED) is 0.862. The smallest absolute Gasteiger partial charge is 0.241 e. The Kier molecular flexibility index (Phi) is 4.16. The molecule has 1 aliphatic rings. The first kappa shape index (κ1) is 14.0. The lowest BCUT2D eigenvalue weighted by atomic mass is 10.1. The first-order chi connectivity index (χ1) is 8.99. The maximum Gasteiger partial charge on any atom is 0.241 e. The van der Waals surface area contributed by atoms with Crippen molar-refractivity contribution in [1.82, 2.24) is 10.0 Å². The normalized spacial score (nSPS) is 20.7. The summed E-state index contributed by atoms with van der Waals surface area (Å²) in [6.07, 6.45) is 2.07. The fourth-order valence-corrected chi connectivity index (χ4v) is 3.15. The van der Waals surface area contributed by atoms with E-state index in [1.54, 1.807) is 0 Å². The average Bonchev–Trinajstić information content (AvgIpc) is 2.55. The lowest BCUT2D eigenvalue weighted by molar-refractivity contribution is -0.122. The molecule has 0 radical (unpaired) electrons. The minimum Gasteiger partial charge on any atom is -0.355 e. The van der Waals surface area contributed by atoms with Crippen LogP contribution < -0.4 is 10.0 Å². The van der Waals surface area contributed by atoms with Gasteiger partial charge in [-0.05, 0) is 43.5 Å². The molecule has 0 bridgehead atoms. The van der Waals surface area contributed by atoms with Gasteiger partial charge < -0.3 is 5.32 Å². The van der Waals surface area contributed by atoms with E-state index in [9.17, 15) is 17.6 Å². The maximum absolute atomic E-state index is 12.8. The minimum atomic E-state index is -3.80. The molecule has 0 aliphatic carbocycles. The lowest BCUT2D eigenvalue weighted by Crippen LogP contribution is -2.45. The third kappa shape index (κ3) is 3.51. The summed E-state index contributed by atoms with van der Waals surface area (Å²) in [7, 11) is -3.80. The van der Waals surface area contributed by atoms with Crippen molar-refractivity contribution in [3.63, 3.8) is 0 Å². The predicted molar refractivity (Wildman–Crippen MR) is 67.4 cm³/mol. The number of sulfonamides is 1. The van der Waals surface area contributed by atoms with Crippen molar-refractivity contribution in [1.29, 1.82) is 0 Å². The predicted octanol–water partition coefficient (Wildman–Crippen LogP) is 0.773. The van der Waals surface area contributed by atoms with Crippen LogP contribution in [0.25, 0.3) is 0 Å². The molecule has 0 unspecified atom stereocenters. The number of carbonyl (C=O) groups excluding carboxylic acids is 1. The van der Waals surface area contributed by atoms with Crippen LogP contribution in [0.4, 0.5) is 4.39 Å². The van der Waals surface area contributed by atoms with Crippen LogP contribution in [0.2, 0.25) is 0 Å². The molecule has 1 aromatic carbocycles. The molecule has 1 saturated heterocycles. The van der Waals surface area contributed by atoms with Gasteiger partial charge in [0.1, 0.15) is 11.9 Å². The molecule has 1 aliphatic heterocycles. The van der Waals surface area contributed by atoms with Crippen LogP contribution in [-0.4, -0.2) is 26.9 Å². The van der Waals surface area contributed by atoms with Crippen LogP contribution in [0, 0.1) is 5.82 Å². The van der Waals surface area contributed by atoms with Crippen LogP contribution in [0.5, 0.6) is 0 Å². The fourth-order valence-electron chi connectivity index (χ4n) is 1.92. The van der Waals surface area contributed by atoms with Crippen molar-refractivity contribution >= 4 is 15.9 Å². The molecule has 0 spiro atoms. The van der Waals surface area contributed by atoms with Crippen LogP contribution in [-0.2, 0) is 14.8 Å². The van der Waals surface area contributed by atoms with Gasteiger partial charge in [-0.3, -0.25) is 4.79 Å². The average molecular weight is 286 g/mol. The number of hydrogen-bond acceptors (Lipinski definition) is 3. The van der Waals surface area contributed by atoms with E-state index < -0.39 is 21.9 Å². The van der Waals surface area contributed by atoms with E-state index in [1.165, 1.54) is 12.1 Å². The number of amides is 1. The molecule has 5 nitrogen and oxygen atoms in total. The summed E-state index contributed by atoms with van der Waals surface area (Å²) < 4.78 is 39.2. The van der Waals surface area contributed by atoms with Gasteiger partial charge in [0.2, 0.25) is 15.9 Å². The monoisotopic (exact) mass is 286 g/mol.